The van der Waals surface area contributed by atoms with Gasteiger partial charge in [-0.1, -0.05) is 43.6 Å². The van der Waals surface area contributed by atoms with Gasteiger partial charge in [-0.25, -0.2) is 4.98 Å². The molecule has 162 valence electrons. The van der Waals surface area contributed by atoms with Gasteiger partial charge in [0.1, 0.15) is 11.4 Å². The SMILES string of the molecule is CCN(CC)CCCOc1ccc(-c2ccc3c(c2)c2cc(Cl)cnc2n3CC)cc1. The number of pyridine rings is 1. The van der Waals surface area contributed by atoms with E-state index in [1.807, 2.05) is 6.07 Å². The molecule has 0 saturated heterocycles. The normalized spacial score (nSPS) is 11.6. The van der Waals surface area contributed by atoms with Gasteiger partial charge in [-0.15, -0.1) is 0 Å². The van der Waals surface area contributed by atoms with Crippen LogP contribution in [0.3, 0.4) is 0 Å². The Morgan fingerprint density at radius 3 is 2.39 bits per heavy atom. The number of ether oxygens (including phenoxy) is 1. The maximum Gasteiger partial charge on any atom is 0.141 e. The van der Waals surface area contributed by atoms with Crippen LogP contribution in [0.5, 0.6) is 5.75 Å². The van der Waals surface area contributed by atoms with Crippen molar-refractivity contribution < 1.29 is 4.74 Å². The lowest BCUT2D eigenvalue weighted by molar-refractivity contribution is 0.249. The first kappa shape index (κ1) is 21.7. The van der Waals surface area contributed by atoms with Gasteiger partial charge in [0.15, 0.2) is 0 Å². The van der Waals surface area contributed by atoms with Gasteiger partial charge in [-0.2, -0.15) is 0 Å². The number of aromatic nitrogens is 2. The van der Waals surface area contributed by atoms with Crippen molar-refractivity contribution in [1.82, 2.24) is 14.5 Å². The van der Waals surface area contributed by atoms with E-state index in [0.717, 1.165) is 56.0 Å². The minimum Gasteiger partial charge on any atom is -0.494 e. The molecule has 5 heteroatoms. The molecule has 2 aromatic carbocycles. The summed E-state index contributed by atoms with van der Waals surface area (Å²) in [6, 6.07) is 17.0. The highest BCUT2D eigenvalue weighted by atomic mass is 35.5. The summed E-state index contributed by atoms with van der Waals surface area (Å²) in [6.07, 6.45) is 2.76. The lowest BCUT2D eigenvalue weighted by atomic mass is 10.0. The average Bonchev–Trinajstić information content (AvgIpc) is 3.11. The number of halogens is 1. The molecule has 0 unspecified atom stereocenters. The van der Waals surface area contributed by atoms with Gasteiger partial charge >= 0.3 is 0 Å². The highest BCUT2D eigenvalue weighted by molar-refractivity contribution is 6.31. The van der Waals surface area contributed by atoms with E-state index in [2.05, 4.69) is 77.7 Å². The summed E-state index contributed by atoms with van der Waals surface area (Å²) in [5.74, 6) is 0.919. The lowest BCUT2D eigenvalue weighted by Gasteiger charge is -2.17. The van der Waals surface area contributed by atoms with Crippen molar-refractivity contribution in [3.05, 3.63) is 59.8 Å². The monoisotopic (exact) mass is 435 g/mol. The largest absolute Gasteiger partial charge is 0.494 e. The van der Waals surface area contributed by atoms with E-state index in [9.17, 15) is 0 Å². The summed E-state index contributed by atoms with van der Waals surface area (Å²) in [7, 11) is 0. The quantitative estimate of drug-likeness (QED) is 0.276. The van der Waals surface area contributed by atoms with Crippen LogP contribution in [0.1, 0.15) is 27.2 Å². The second-order valence-electron chi connectivity index (χ2n) is 7.75. The molecule has 31 heavy (non-hydrogen) atoms. The van der Waals surface area contributed by atoms with E-state index in [1.54, 1.807) is 6.20 Å². The third-order valence-corrected chi connectivity index (χ3v) is 6.16. The van der Waals surface area contributed by atoms with E-state index < -0.39 is 0 Å². The number of rotatable bonds is 9. The number of nitrogens with zero attached hydrogens (tertiary/aromatic N) is 3. The van der Waals surface area contributed by atoms with E-state index in [1.165, 1.54) is 22.0 Å². The Morgan fingerprint density at radius 2 is 1.68 bits per heavy atom. The van der Waals surface area contributed by atoms with Gasteiger partial charge in [0.05, 0.1) is 17.1 Å². The molecule has 2 heterocycles. The molecule has 0 saturated carbocycles. The summed E-state index contributed by atoms with van der Waals surface area (Å²) >= 11 is 6.24. The second kappa shape index (κ2) is 9.71. The number of fused-ring (bicyclic) bond motifs is 3. The van der Waals surface area contributed by atoms with Crippen LogP contribution in [0.25, 0.3) is 33.1 Å². The van der Waals surface area contributed by atoms with E-state index in [0.29, 0.717) is 5.02 Å². The molecule has 4 rings (SSSR count). The highest BCUT2D eigenvalue weighted by Gasteiger charge is 2.12. The van der Waals surface area contributed by atoms with Gasteiger partial charge in [0.2, 0.25) is 0 Å². The summed E-state index contributed by atoms with van der Waals surface area (Å²) in [6.45, 7) is 11.4. The van der Waals surface area contributed by atoms with Gasteiger partial charge in [-0.05, 0) is 67.9 Å². The van der Waals surface area contributed by atoms with Crippen molar-refractivity contribution in [1.29, 1.82) is 0 Å². The van der Waals surface area contributed by atoms with E-state index >= 15 is 0 Å². The molecule has 0 amide bonds. The molecule has 0 aliphatic rings. The number of aryl methyl sites for hydroxylation is 1. The van der Waals surface area contributed by atoms with Gasteiger partial charge in [0, 0.05) is 30.1 Å². The zero-order chi connectivity index (χ0) is 21.8. The Kier molecular flexibility index (Phi) is 6.79. The molecular weight excluding hydrogens is 406 g/mol. The van der Waals surface area contributed by atoms with Crippen molar-refractivity contribution in [3.63, 3.8) is 0 Å². The van der Waals surface area contributed by atoms with Crippen LogP contribution in [-0.4, -0.2) is 40.7 Å². The molecule has 0 bridgehead atoms. The molecular formula is C26H30ClN3O. The zero-order valence-corrected chi connectivity index (χ0v) is 19.3. The number of hydrogen-bond acceptors (Lipinski definition) is 3. The van der Waals surface area contributed by atoms with E-state index in [4.69, 9.17) is 16.3 Å². The molecule has 2 aromatic heterocycles. The second-order valence-corrected chi connectivity index (χ2v) is 8.19. The molecule has 0 aliphatic carbocycles. The Bertz CT molecular complexity index is 1160. The first-order valence-electron chi connectivity index (χ1n) is 11.2. The average molecular weight is 436 g/mol. The smallest absolute Gasteiger partial charge is 0.141 e. The van der Waals surface area contributed by atoms with Gasteiger partial charge in [0.25, 0.3) is 0 Å². The Morgan fingerprint density at radius 1 is 0.935 bits per heavy atom. The van der Waals surface area contributed by atoms with Gasteiger partial charge < -0.3 is 14.2 Å². The summed E-state index contributed by atoms with van der Waals surface area (Å²) < 4.78 is 8.18. The molecule has 0 radical (unpaired) electrons. The Hall–Kier alpha value is -2.56. The van der Waals surface area contributed by atoms with Crippen molar-refractivity contribution in [3.8, 4) is 16.9 Å². The molecule has 0 fully saturated rings. The zero-order valence-electron chi connectivity index (χ0n) is 18.6. The van der Waals surface area contributed by atoms with E-state index in [-0.39, 0.29) is 0 Å². The Labute approximate surface area is 189 Å². The van der Waals surface area contributed by atoms with Gasteiger partial charge in [-0.3, -0.25) is 0 Å². The Balaban J connectivity index is 1.53. The maximum absolute atomic E-state index is 6.24. The van der Waals surface area contributed by atoms with Crippen LogP contribution in [0, 0.1) is 0 Å². The third-order valence-electron chi connectivity index (χ3n) is 5.95. The number of hydrogen-bond donors (Lipinski definition) is 0. The van der Waals surface area contributed by atoms with Crippen LogP contribution in [0.2, 0.25) is 5.02 Å². The fourth-order valence-corrected chi connectivity index (χ4v) is 4.37. The van der Waals surface area contributed by atoms with Crippen molar-refractivity contribution in [2.24, 2.45) is 0 Å². The summed E-state index contributed by atoms with van der Waals surface area (Å²) in [5, 5.41) is 2.94. The lowest BCUT2D eigenvalue weighted by Crippen LogP contribution is -2.25. The molecule has 0 N–H and O–H groups in total. The van der Waals surface area contributed by atoms with Crippen molar-refractivity contribution in [2.75, 3.05) is 26.2 Å². The maximum atomic E-state index is 6.24. The fourth-order valence-electron chi connectivity index (χ4n) is 4.21. The van der Waals surface area contributed by atoms with Crippen molar-refractivity contribution >= 4 is 33.5 Å². The molecule has 0 aliphatic heterocycles. The van der Waals surface area contributed by atoms with Crippen LogP contribution in [0.4, 0.5) is 0 Å². The summed E-state index contributed by atoms with van der Waals surface area (Å²) in [4.78, 5) is 6.99. The van der Waals surface area contributed by atoms with Crippen LogP contribution in [0.15, 0.2) is 54.7 Å². The fraction of sp³-hybridized carbons (Fsp3) is 0.346. The first-order valence-corrected chi connectivity index (χ1v) is 11.6. The standard InChI is InChI=1S/C26H30ClN3O/c1-4-29(5-2)14-7-15-31-22-11-8-19(9-12-22)20-10-13-25-23(16-20)24-17-21(27)18-28-26(24)30(25)6-3/h8-13,16-18H,4-7,14-15H2,1-3H3. The third kappa shape index (κ3) is 4.56. The first-order chi connectivity index (χ1) is 15.1. The van der Waals surface area contributed by atoms with Crippen LogP contribution < -0.4 is 4.74 Å². The minimum absolute atomic E-state index is 0.663. The topological polar surface area (TPSA) is 30.3 Å². The molecule has 0 spiro atoms. The molecule has 0 atom stereocenters. The number of benzene rings is 2. The molecule has 4 nitrogen and oxygen atoms in total. The summed E-state index contributed by atoms with van der Waals surface area (Å²) in [5.41, 5.74) is 4.51. The van der Waals surface area contributed by atoms with Crippen molar-refractivity contribution in [2.45, 2.75) is 33.7 Å². The van der Waals surface area contributed by atoms with Crippen LogP contribution in [-0.2, 0) is 6.54 Å². The molecule has 4 aromatic rings. The predicted molar refractivity (Wildman–Crippen MR) is 131 cm³/mol. The highest BCUT2D eigenvalue weighted by Crippen LogP contribution is 2.33. The minimum atomic E-state index is 0.663. The predicted octanol–water partition coefficient (Wildman–Crippen LogP) is 6.64. The van der Waals surface area contributed by atoms with Crippen LogP contribution >= 0.6 is 11.6 Å².